The summed E-state index contributed by atoms with van der Waals surface area (Å²) < 4.78 is 6.53. The van der Waals surface area contributed by atoms with Crippen LogP contribution in [0.1, 0.15) is 24.2 Å². The number of ether oxygens (including phenoxy) is 1. The van der Waals surface area contributed by atoms with Crippen molar-refractivity contribution in [2.75, 3.05) is 0 Å². The first-order chi connectivity index (χ1) is 7.58. The van der Waals surface area contributed by atoms with Gasteiger partial charge in [-0.05, 0) is 19.9 Å². The number of nitrogens with zero attached hydrogens (tertiary/aromatic N) is 3. The average Bonchev–Trinajstić information content (AvgIpc) is 2.62. The predicted octanol–water partition coefficient (Wildman–Crippen LogP) is 1.95. The number of carbonyl (C=O) groups excluding carboxylic acids is 1. The molecule has 0 aliphatic rings. The normalized spacial score (nSPS) is 11.0. The number of carbonyl (C=O) groups is 1. The molecule has 2 aromatic heterocycles. The van der Waals surface area contributed by atoms with Gasteiger partial charge in [-0.25, -0.2) is 14.3 Å². The van der Waals surface area contributed by atoms with Crippen molar-refractivity contribution >= 4 is 23.2 Å². The molecule has 0 unspecified atom stereocenters. The largest absolute Gasteiger partial charge is 0.459 e. The van der Waals surface area contributed by atoms with Gasteiger partial charge < -0.3 is 4.74 Å². The van der Waals surface area contributed by atoms with E-state index in [9.17, 15) is 4.79 Å². The topological polar surface area (TPSA) is 56.5 Å². The Bertz CT molecular complexity index is 536. The van der Waals surface area contributed by atoms with E-state index in [-0.39, 0.29) is 11.3 Å². The lowest BCUT2D eigenvalue weighted by Crippen LogP contribution is -2.13. The second-order valence-electron chi connectivity index (χ2n) is 3.53. The molecule has 0 aliphatic carbocycles. The second-order valence-corrected chi connectivity index (χ2v) is 3.92. The highest BCUT2D eigenvalue weighted by molar-refractivity contribution is 6.29. The van der Waals surface area contributed by atoms with E-state index in [0.29, 0.717) is 11.2 Å². The van der Waals surface area contributed by atoms with E-state index in [2.05, 4.69) is 10.1 Å². The van der Waals surface area contributed by atoms with E-state index >= 15 is 0 Å². The lowest BCUT2D eigenvalue weighted by Gasteiger charge is -2.08. The summed E-state index contributed by atoms with van der Waals surface area (Å²) in [6.07, 6.45) is 2.98. The number of esters is 1. The van der Waals surface area contributed by atoms with Gasteiger partial charge in [0.05, 0.1) is 6.10 Å². The summed E-state index contributed by atoms with van der Waals surface area (Å²) in [5, 5.41) is 4.19. The average molecular weight is 240 g/mol. The number of fused-ring (bicyclic) bond motifs is 1. The summed E-state index contributed by atoms with van der Waals surface area (Å²) in [6.45, 7) is 3.56. The van der Waals surface area contributed by atoms with E-state index < -0.39 is 5.97 Å². The number of aromatic nitrogens is 3. The van der Waals surface area contributed by atoms with Crippen molar-refractivity contribution in [3.05, 3.63) is 29.2 Å². The molecule has 5 nitrogen and oxygen atoms in total. The van der Waals surface area contributed by atoms with Crippen molar-refractivity contribution in [1.82, 2.24) is 14.6 Å². The Kier molecular flexibility index (Phi) is 2.78. The molecule has 0 saturated heterocycles. The van der Waals surface area contributed by atoms with Crippen LogP contribution in [-0.2, 0) is 4.74 Å². The maximum Gasteiger partial charge on any atom is 0.342 e. The maximum atomic E-state index is 11.8. The van der Waals surface area contributed by atoms with Crippen LogP contribution in [0.3, 0.4) is 0 Å². The molecule has 2 heterocycles. The van der Waals surface area contributed by atoms with Gasteiger partial charge in [0.15, 0.2) is 10.8 Å². The highest BCUT2D eigenvalue weighted by Gasteiger charge is 2.16. The van der Waals surface area contributed by atoms with Crippen molar-refractivity contribution in [2.24, 2.45) is 0 Å². The highest BCUT2D eigenvalue weighted by atomic mass is 35.5. The van der Waals surface area contributed by atoms with Crippen LogP contribution in [0, 0.1) is 0 Å². The standard InChI is InChI=1S/C10H10ClN3O2/c1-6(2)16-10(15)7-5-8(11)13-14-4-3-12-9(7)14/h3-6H,1-2H3. The van der Waals surface area contributed by atoms with Gasteiger partial charge in [-0.3, -0.25) is 0 Å². The minimum absolute atomic E-state index is 0.186. The van der Waals surface area contributed by atoms with Crippen LogP contribution in [0.25, 0.3) is 5.65 Å². The van der Waals surface area contributed by atoms with Gasteiger partial charge in [-0.2, -0.15) is 5.10 Å². The smallest absolute Gasteiger partial charge is 0.342 e. The summed E-state index contributed by atoms with van der Waals surface area (Å²) in [4.78, 5) is 15.8. The summed E-state index contributed by atoms with van der Waals surface area (Å²) in [7, 11) is 0. The SMILES string of the molecule is CC(C)OC(=O)c1cc(Cl)nn2ccnc12. The van der Waals surface area contributed by atoms with Gasteiger partial charge in [-0.1, -0.05) is 11.6 Å². The Balaban J connectivity index is 2.50. The van der Waals surface area contributed by atoms with E-state index in [0.717, 1.165) is 0 Å². The number of rotatable bonds is 2. The number of hydrogen-bond donors (Lipinski definition) is 0. The first kappa shape index (κ1) is 10.9. The molecule has 0 fully saturated rings. The van der Waals surface area contributed by atoms with Gasteiger partial charge in [0.1, 0.15) is 5.56 Å². The maximum absolute atomic E-state index is 11.8. The molecule has 0 radical (unpaired) electrons. The van der Waals surface area contributed by atoms with E-state index in [1.807, 2.05) is 0 Å². The van der Waals surface area contributed by atoms with Crippen molar-refractivity contribution in [1.29, 1.82) is 0 Å². The Labute approximate surface area is 97.0 Å². The summed E-state index contributed by atoms with van der Waals surface area (Å²) >= 11 is 5.79. The molecule has 6 heteroatoms. The van der Waals surface area contributed by atoms with Gasteiger partial charge in [-0.15, -0.1) is 0 Å². The van der Waals surface area contributed by atoms with E-state index in [1.54, 1.807) is 26.2 Å². The van der Waals surface area contributed by atoms with Crippen LogP contribution in [-0.4, -0.2) is 26.7 Å². The quantitative estimate of drug-likeness (QED) is 0.752. The molecule has 0 amide bonds. The van der Waals surface area contributed by atoms with Crippen LogP contribution >= 0.6 is 11.6 Å². The van der Waals surface area contributed by atoms with Gasteiger partial charge in [0.25, 0.3) is 0 Å². The zero-order valence-corrected chi connectivity index (χ0v) is 9.60. The van der Waals surface area contributed by atoms with Gasteiger partial charge >= 0.3 is 5.97 Å². The van der Waals surface area contributed by atoms with Crippen LogP contribution in [0.15, 0.2) is 18.5 Å². The van der Waals surface area contributed by atoms with Gasteiger partial charge in [0.2, 0.25) is 0 Å². The molecule has 0 atom stereocenters. The van der Waals surface area contributed by atoms with Crippen molar-refractivity contribution in [3.63, 3.8) is 0 Å². The molecule has 0 N–H and O–H groups in total. The molecular formula is C10H10ClN3O2. The third kappa shape index (κ3) is 1.99. The number of imidazole rings is 1. The fraction of sp³-hybridized carbons (Fsp3) is 0.300. The Morgan fingerprint density at radius 2 is 2.31 bits per heavy atom. The highest BCUT2D eigenvalue weighted by Crippen LogP contribution is 2.14. The van der Waals surface area contributed by atoms with Crippen LogP contribution in [0.5, 0.6) is 0 Å². The molecular weight excluding hydrogens is 230 g/mol. The summed E-state index contributed by atoms with van der Waals surface area (Å²) in [5.74, 6) is -0.449. The molecule has 0 saturated carbocycles. The first-order valence-electron chi connectivity index (χ1n) is 4.79. The lowest BCUT2D eigenvalue weighted by atomic mass is 10.3. The van der Waals surface area contributed by atoms with Crippen LogP contribution < -0.4 is 0 Å². The van der Waals surface area contributed by atoms with E-state index in [4.69, 9.17) is 16.3 Å². The van der Waals surface area contributed by atoms with Crippen LogP contribution in [0.4, 0.5) is 0 Å². The first-order valence-corrected chi connectivity index (χ1v) is 5.16. The van der Waals surface area contributed by atoms with Crippen molar-refractivity contribution in [3.8, 4) is 0 Å². The van der Waals surface area contributed by atoms with E-state index in [1.165, 1.54) is 10.6 Å². The minimum atomic E-state index is -0.449. The minimum Gasteiger partial charge on any atom is -0.459 e. The van der Waals surface area contributed by atoms with Crippen molar-refractivity contribution in [2.45, 2.75) is 20.0 Å². The zero-order chi connectivity index (χ0) is 11.7. The van der Waals surface area contributed by atoms with Gasteiger partial charge in [0, 0.05) is 12.4 Å². The third-order valence-electron chi connectivity index (χ3n) is 1.89. The Morgan fingerprint density at radius 1 is 1.56 bits per heavy atom. The fourth-order valence-electron chi connectivity index (χ4n) is 1.31. The number of halogens is 1. The molecule has 16 heavy (non-hydrogen) atoms. The van der Waals surface area contributed by atoms with Crippen molar-refractivity contribution < 1.29 is 9.53 Å². The summed E-state index contributed by atoms with van der Waals surface area (Å²) in [5.41, 5.74) is 0.758. The number of hydrogen-bond acceptors (Lipinski definition) is 4. The Morgan fingerprint density at radius 3 is 3.00 bits per heavy atom. The third-order valence-corrected chi connectivity index (χ3v) is 2.08. The zero-order valence-electron chi connectivity index (χ0n) is 8.85. The molecule has 0 spiro atoms. The molecule has 84 valence electrons. The molecule has 2 rings (SSSR count). The molecule has 2 aromatic rings. The molecule has 0 aromatic carbocycles. The second kappa shape index (κ2) is 4.09. The van der Waals surface area contributed by atoms with Crippen LogP contribution in [0.2, 0.25) is 5.15 Å². The predicted molar refractivity (Wildman–Crippen MR) is 58.5 cm³/mol. The lowest BCUT2D eigenvalue weighted by molar-refractivity contribution is 0.0379. The monoisotopic (exact) mass is 239 g/mol. The summed E-state index contributed by atoms with van der Waals surface area (Å²) in [6, 6.07) is 1.45. The molecule has 0 bridgehead atoms. The molecule has 0 aliphatic heterocycles. The fourth-order valence-corrected chi connectivity index (χ4v) is 1.50. The Hall–Kier alpha value is -1.62.